The van der Waals surface area contributed by atoms with Crippen LogP contribution in [0, 0.1) is 0 Å². The van der Waals surface area contributed by atoms with Crippen molar-refractivity contribution in [3.05, 3.63) is 46.6 Å². The number of alkyl halides is 3. The van der Waals surface area contributed by atoms with E-state index in [1.807, 2.05) is 12.1 Å². The third-order valence-electron chi connectivity index (χ3n) is 3.93. The molecule has 0 saturated carbocycles. The predicted octanol–water partition coefficient (Wildman–Crippen LogP) is 3.47. The molecule has 0 bridgehead atoms. The van der Waals surface area contributed by atoms with E-state index in [-0.39, 0.29) is 16.9 Å². The van der Waals surface area contributed by atoms with Gasteiger partial charge in [-0.1, -0.05) is 23.7 Å². The van der Waals surface area contributed by atoms with Gasteiger partial charge in [0.2, 0.25) is 5.95 Å². The van der Waals surface area contributed by atoms with Crippen LogP contribution in [-0.4, -0.2) is 41.4 Å². The predicted molar refractivity (Wildman–Crippen MR) is 105 cm³/mol. The summed E-state index contributed by atoms with van der Waals surface area (Å²) in [6.07, 6.45) is -4.60. The molecule has 11 heteroatoms. The minimum atomic E-state index is -4.60. The Morgan fingerprint density at radius 1 is 1.18 bits per heavy atom. The fourth-order valence-corrected chi connectivity index (χ4v) is 2.81. The van der Waals surface area contributed by atoms with Gasteiger partial charge in [0.25, 0.3) is 0 Å². The number of nitrogens with one attached hydrogen (secondary N) is 2. The fourth-order valence-electron chi connectivity index (χ4n) is 2.52. The average Bonchev–Trinajstić information content (AvgIpc) is 2.67. The highest BCUT2D eigenvalue weighted by Gasteiger charge is 2.34. The molecule has 0 amide bonds. The quantitative estimate of drug-likeness (QED) is 0.719. The lowest BCUT2D eigenvalue weighted by Gasteiger charge is -2.28. The molecule has 28 heavy (non-hydrogen) atoms. The van der Waals surface area contributed by atoms with Crippen LogP contribution >= 0.6 is 23.8 Å². The average molecular weight is 432 g/mol. The summed E-state index contributed by atoms with van der Waals surface area (Å²) in [4.78, 5) is 9.45. The van der Waals surface area contributed by atoms with Crippen LogP contribution in [0.5, 0.6) is 0 Å². The van der Waals surface area contributed by atoms with Crippen molar-refractivity contribution in [1.29, 1.82) is 0 Å². The van der Waals surface area contributed by atoms with Crippen molar-refractivity contribution in [2.75, 3.05) is 36.5 Å². The van der Waals surface area contributed by atoms with Crippen LogP contribution < -0.4 is 15.5 Å². The first-order chi connectivity index (χ1) is 13.3. The number of hydrogen-bond donors (Lipinski definition) is 2. The molecule has 1 aliphatic heterocycles. The summed E-state index contributed by atoms with van der Waals surface area (Å²) in [5, 5.41) is 6.26. The van der Waals surface area contributed by atoms with Crippen LogP contribution in [-0.2, 0) is 17.5 Å². The van der Waals surface area contributed by atoms with Gasteiger partial charge in [0.1, 0.15) is 5.82 Å². The van der Waals surface area contributed by atoms with E-state index in [0.717, 1.165) is 11.6 Å². The van der Waals surface area contributed by atoms with Gasteiger partial charge in [0, 0.05) is 30.7 Å². The van der Waals surface area contributed by atoms with Crippen molar-refractivity contribution in [2.45, 2.75) is 12.7 Å². The van der Waals surface area contributed by atoms with E-state index in [2.05, 4.69) is 20.6 Å². The second kappa shape index (κ2) is 8.89. The number of halogens is 4. The summed E-state index contributed by atoms with van der Waals surface area (Å²) in [6, 6.07) is 8.03. The van der Waals surface area contributed by atoms with Gasteiger partial charge in [0.15, 0.2) is 10.8 Å². The van der Waals surface area contributed by atoms with Crippen molar-refractivity contribution >= 4 is 40.7 Å². The molecule has 1 aromatic carbocycles. The van der Waals surface area contributed by atoms with Crippen LogP contribution in [0.4, 0.5) is 24.9 Å². The Labute approximate surface area is 170 Å². The van der Waals surface area contributed by atoms with E-state index in [4.69, 9.17) is 28.6 Å². The Morgan fingerprint density at radius 2 is 1.86 bits per heavy atom. The van der Waals surface area contributed by atoms with Crippen LogP contribution in [0.2, 0.25) is 5.02 Å². The molecule has 0 radical (unpaired) electrons. The number of benzene rings is 1. The van der Waals surface area contributed by atoms with E-state index in [1.165, 1.54) is 0 Å². The van der Waals surface area contributed by atoms with Crippen molar-refractivity contribution in [3.8, 4) is 0 Å². The SMILES string of the molecule is FC(F)(F)c1cc(N2CCOCC2)nc(NC(=S)NCc2ccc(Cl)cc2)n1. The Balaban J connectivity index is 1.72. The second-order valence-electron chi connectivity index (χ2n) is 5.97. The van der Waals surface area contributed by atoms with Gasteiger partial charge < -0.3 is 20.3 Å². The number of nitrogens with zero attached hydrogens (tertiary/aromatic N) is 3. The first-order valence-corrected chi connectivity index (χ1v) is 9.18. The number of anilines is 2. The summed E-state index contributed by atoms with van der Waals surface area (Å²) >= 11 is 11.0. The summed E-state index contributed by atoms with van der Waals surface area (Å²) in [5.74, 6) is -0.0430. The molecule has 3 rings (SSSR count). The van der Waals surface area contributed by atoms with Gasteiger partial charge in [-0.2, -0.15) is 18.2 Å². The molecule has 1 fully saturated rings. The van der Waals surface area contributed by atoms with Crippen molar-refractivity contribution in [1.82, 2.24) is 15.3 Å². The topological polar surface area (TPSA) is 62.3 Å². The lowest BCUT2D eigenvalue weighted by Crippen LogP contribution is -2.37. The van der Waals surface area contributed by atoms with Gasteiger partial charge in [-0.05, 0) is 29.9 Å². The third kappa shape index (κ3) is 5.66. The molecular formula is C17H17ClF3N5OS. The van der Waals surface area contributed by atoms with Crippen LogP contribution in [0.3, 0.4) is 0 Å². The maximum atomic E-state index is 13.2. The Kier molecular flexibility index (Phi) is 6.53. The minimum absolute atomic E-state index is 0.113. The van der Waals surface area contributed by atoms with Gasteiger partial charge in [-0.25, -0.2) is 4.98 Å². The molecule has 1 saturated heterocycles. The van der Waals surface area contributed by atoms with E-state index in [1.54, 1.807) is 17.0 Å². The molecule has 2 heterocycles. The first-order valence-electron chi connectivity index (χ1n) is 8.39. The zero-order valence-corrected chi connectivity index (χ0v) is 16.2. The zero-order valence-electron chi connectivity index (χ0n) is 14.6. The normalized spacial score (nSPS) is 14.6. The maximum absolute atomic E-state index is 13.2. The minimum Gasteiger partial charge on any atom is -0.378 e. The highest BCUT2D eigenvalue weighted by atomic mass is 35.5. The molecule has 0 atom stereocenters. The Bertz CT molecular complexity index is 829. The van der Waals surface area contributed by atoms with Crippen molar-refractivity contribution < 1.29 is 17.9 Å². The highest BCUT2D eigenvalue weighted by Crippen LogP contribution is 2.30. The lowest BCUT2D eigenvalue weighted by molar-refractivity contribution is -0.141. The summed E-state index contributed by atoms with van der Waals surface area (Å²) < 4.78 is 44.9. The number of aromatic nitrogens is 2. The van der Waals surface area contributed by atoms with E-state index < -0.39 is 11.9 Å². The lowest BCUT2D eigenvalue weighted by atomic mass is 10.2. The van der Waals surface area contributed by atoms with E-state index >= 15 is 0 Å². The monoisotopic (exact) mass is 431 g/mol. The van der Waals surface area contributed by atoms with Gasteiger partial charge in [-0.15, -0.1) is 0 Å². The van der Waals surface area contributed by atoms with Crippen molar-refractivity contribution in [3.63, 3.8) is 0 Å². The standard InChI is InChI=1S/C17H17ClF3N5OS/c18-12-3-1-11(2-4-12)10-22-16(28)25-15-23-13(17(19,20)21)9-14(24-15)26-5-7-27-8-6-26/h1-4,9H,5-8,10H2,(H2,22,23,24,25,28). The Morgan fingerprint density at radius 3 is 2.50 bits per heavy atom. The summed E-state index contributed by atoms with van der Waals surface area (Å²) in [7, 11) is 0. The summed E-state index contributed by atoms with van der Waals surface area (Å²) in [5.41, 5.74) is -0.125. The second-order valence-corrected chi connectivity index (χ2v) is 6.81. The van der Waals surface area contributed by atoms with Gasteiger partial charge in [-0.3, -0.25) is 0 Å². The van der Waals surface area contributed by atoms with E-state index in [9.17, 15) is 13.2 Å². The largest absolute Gasteiger partial charge is 0.433 e. The van der Waals surface area contributed by atoms with E-state index in [0.29, 0.717) is 37.9 Å². The van der Waals surface area contributed by atoms with Crippen LogP contribution in [0.1, 0.15) is 11.3 Å². The number of rotatable bonds is 4. The molecule has 2 N–H and O–H groups in total. The number of morpholine rings is 1. The first kappa shape index (κ1) is 20.6. The molecule has 0 spiro atoms. The van der Waals surface area contributed by atoms with Crippen LogP contribution in [0.15, 0.2) is 30.3 Å². The van der Waals surface area contributed by atoms with Crippen LogP contribution in [0.25, 0.3) is 0 Å². The van der Waals surface area contributed by atoms with Gasteiger partial charge in [0.05, 0.1) is 13.2 Å². The molecule has 1 aliphatic rings. The maximum Gasteiger partial charge on any atom is 0.433 e. The molecular weight excluding hydrogens is 415 g/mol. The third-order valence-corrected chi connectivity index (χ3v) is 4.43. The van der Waals surface area contributed by atoms with Gasteiger partial charge >= 0.3 is 6.18 Å². The van der Waals surface area contributed by atoms with Crippen molar-refractivity contribution in [2.24, 2.45) is 0 Å². The molecule has 0 unspecified atom stereocenters. The molecule has 6 nitrogen and oxygen atoms in total. The molecule has 0 aliphatic carbocycles. The molecule has 2 aromatic rings. The smallest absolute Gasteiger partial charge is 0.378 e. The molecule has 1 aromatic heterocycles. The number of hydrogen-bond acceptors (Lipinski definition) is 5. The summed E-state index contributed by atoms with van der Waals surface area (Å²) in [6.45, 7) is 2.13. The Hall–Kier alpha value is -2.17. The molecule has 150 valence electrons. The highest BCUT2D eigenvalue weighted by molar-refractivity contribution is 7.80. The number of ether oxygens (including phenoxy) is 1. The zero-order chi connectivity index (χ0) is 20.1. The number of thiocarbonyl (C=S) groups is 1. The fraction of sp³-hybridized carbons (Fsp3) is 0.353.